The molecule has 1 aromatic carbocycles. The molecule has 16 heavy (non-hydrogen) atoms. The number of hydrogen-bond donors (Lipinski definition) is 2. The van der Waals surface area contributed by atoms with Gasteiger partial charge in [0.2, 0.25) is 0 Å². The van der Waals surface area contributed by atoms with Gasteiger partial charge in [-0.05, 0) is 36.5 Å². The van der Waals surface area contributed by atoms with Gasteiger partial charge in [0.05, 0.1) is 13.2 Å². The van der Waals surface area contributed by atoms with Gasteiger partial charge in [-0.25, -0.2) is 0 Å². The van der Waals surface area contributed by atoms with Crippen molar-refractivity contribution in [2.45, 2.75) is 19.4 Å². The molecule has 1 fully saturated rings. The highest BCUT2D eigenvalue weighted by molar-refractivity contribution is 5.44. The third-order valence-corrected chi connectivity index (χ3v) is 2.99. The molecule has 1 aliphatic heterocycles. The lowest BCUT2D eigenvalue weighted by atomic mass is 10.0. The largest absolute Gasteiger partial charge is 0.392 e. The number of benzene rings is 1. The van der Waals surface area contributed by atoms with Crippen LogP contribution in [0.15, 0.2) is 24.3 Å². The van der Waals surface area contributed by atoms with Crippen molar-refractivity contribution >= 4 is 5.69 Å². The van der Waals surface area contributed by atoms with Crippen LogP contribution in [0.5, 0.6) is 0 Å². The molecule has 3 nitrogen and oxygen atoms in total. The van der Waals surface area contributed by atoms with Crippen LogP contribution in [0, 0.1) is 5.92 Å². The van der Waals surface area contributed by atoms with Crippen molar-refractivity contribution in [2.24, 2.45) is 5.92 Å². The molecule has 1 aliphatic rings. The van der Waals surface area contributed by atoms with Gasteiger partial charge in [0, 0.05) is 18.8 Å². The summed E-state index contributed by atoms with van der Waals surface area (Å²) in [5, 5.41) is 12.3. The molecule has 3 heteroatoms. The van der Waals surface area contributed by atoms with E-state index >= 15 is 0 Å². The van der Waals surface area contributed by atoms with Crippen LogP contribution in [0.1, 0.15) is 18.4 Å². The third-order valence-electron chi connectivity index (χ3n) is 2.99. The Morgan fingerprint density at radius 2 is 2.12 bits per heavy atom. The monoisotopic (exact) mass is 221 g/mol. The van der Waals surface area contributed by atoms with Gasteiger partial charge in [-0.3, -0.25) is 0 Å². The zero-order valence-electron chi connectivity index (χ0n) is 9.48. The molecule has 0 aliphatic carbocycles. The fraction of sp³-hybridized carbons (Fsp3) is 0.538. The summed E-state index contributed by atoms with van der Waals surface area (Å²) < 4.78 is 5.43. The van der Waals surface area contributed by atoms with Gasteiger partial charge < -0.3 is 15.2 Å². The van der Waals surface area contributed by atoms with Crippen LogP contribution in [-0.4, -0.2) is 24.9 Å². The maximum Gasteiger partial charge on any atom is 0.0681 e. The van der Waals surface area contributed by atoms with Crippen LogP contribution in [0.2, 0.25) is 0 Å². The molecule has 1 atom stereocenters. The number of ether oxygens (including phenoxy) is 1. The minimum atomic E-state index is 0.108. The van der Waals surface area contributed by atoms with Crippen LogP contribution in [0.4, 0.5) is 5.69 Å². The van der Waals surface area contributed by atoms with Crippen molar-refractivity contribution in [3.8, 4) is 0 Å². The van der Waals surface area contributed by atoms with Crippen LogP contribution >= 0.6 is 0 Å². The summed E-state index contributed by atoms with van der Waals surface area (Å²) in [6.45, 7) is 2.87. The van der Waals surface area contributed by atoms with Gasteiger partial charge in [0.1, 0.15) is 0 Å². The molecule has 2 rings (SSSR count). The Labute approximate surface area is 96.4 Å². The average molecular weight is 221 g/mol. The molecule has 0 aromatic heterocycles. The van der Waals surface area contributed by atoms with E-state index in [0.29, 0.717) is 5.92 Å². The predicted molar refractivity (Wildman–Crippen MR) is 64.4 cm³/mol. The maximum absolute atomic E-state index is 8.93. The van der Waals surface area contributed by atoms with Gasteiger partial charge in [-0.1, -0.05) is 12.1 Å². The first-order valence-corrected chi connectivity index (χ1v) is 5.90. The minimum Gasteiger partial charge on any atom is -0.392 e. The number of anilines is 1. The minimum absolute atomic E-state index is 0.108. The Kier molecular flexibility index (Phi) is 4.19. The quantitative estimate of drug-likeness (QED) is 0.817. The van der Waals surface area contributed by atoms with Crippen LogP contribution in [-0.2, 0) is 11.3 Å². The second kappa shape index (κ2) is 5.87. The Morgan fingerprint density at radius 1 is 1.31 bits per heavy atom. The molecule has 0 saturated carbocycles. The van der Waals surface area contributed by atoms with Crippen molar-refractivity contribution in [1.82, 2.24) is 0 Å². The lowest BCUT2D eigenvalue weighted by Gasteiger charge is -2.22. The molecular weight excluding hydrogens is 202 g/mol. The second-order valence-corrected chi connectivity index (χ2v) is 4.32. The molecule has 1 saturated heterocycles. The number of hydrogen-bond acceptors (Lipinski definition) is 3. The second-order valence-electron chi connectivity index (χ2n) is 4.32. The van der Waals surface area contributed by atoms with Gasteiger partial charge in [-0.15, -0.1) is 0 Å². The van der Waals surface area contributed by atoms with Gasteiger partial charge in [0.25, 0.3) is 0 Å². The summed E-state index contributed by atoms with van der Waals surface area (Å²) >= 11 is 0. The Morgan fingerprint density at radius 3 is 2.75 bits per heavy atom. The summed E-state index contributed by atoms with van der Waals surface area (Å²) in [6, 6.07) is 7.91. The molecule has 0 spiro atoms. The van der Waals surface area contributed by atoms with Crippen LogP contribution in [0.25, 0.3) is 0 Å². The van der Waals surface area contributed by atoms with Gasteiger partial charge in [0.15, 0.2) is 0 Å². The van der Waals surface area contributed by atoms with Crippen molar-refractivity contribution in [2.75, 3.05) is 25.1 Å². The summed E-state index contributed by atoms with van der Waals surface area (Å²) in [7, 11) is 0. The van der Waals surface area contributed by atoms with Crippen LogP contribution < -0.4 is 5.32 Å². The molecule has 1 aromatic rings. The van der Waals surface area contributed by atoms with E-state index in [1.54, 1.807) is 0 Å². The smallest absolute Gasteiger partial charge is 0.0681 e. The lowest BCUT2D eigenvalue weighted by molar-refractivity contribution is 0.0595. The first-order chi connectivity index (χ1) is 7.88. The Hall–Kier alpha value is -1.06. The molecule has 2 N–H and O–H groups in total. The number of aliphatic hydroxyl groups is 1. The molecule has 1 heterocycles. The van der Waals surface area contributed by atoms with Gasteiger partial charge in [-0.2, -0.15) is 0 Å². The van der Waals surface area contributed by atoms with E-state index in [-0.39, 0.29) is 6.61 Å². The summed E-state index contributed by atoms with van der Waals surface area (Å²) in [5.41, 5.74) is 2.06. The molecular formula is C13H19NO2. The summed E-state index contributed by atoms with van der Waals surface area (Å²) in [5.74, 6) is 0.631. The van der Waals surface area contributed by atoms with E-state index in [2.05, 4.69) is 5.32 Å². The van der Waals surface area contributed by atoms with Crippen LogP contribution in [0.3, 0.4) is 0 Å². The normalized spacial score (nSPS) is 20.7. The highest BCUT2D eigenvalue weighted by atomic mass is 16.5. The van der Waals surface area contributed by atoms with E-state index in [1.807, 2.05) is 24.3 Å². The van der Waals surface area contributed by atoms with E-state index in [9.17, 15) is 0 Å². The average Bonchev–Trinajstić information content (AvgIpc) is 2.38. The molecule has 88 valence electrons. The van der Waals surface area contributed by atoms with E-state index in [1.165, 1.54) is 12.8 Å². The van der Waals surface area contributed by atoms with Crippen molar-refractivity contribution < 1.29 is 9.84 Å². The first kappa shape index (κ1) is 11.4. The standard InChI is InChI=1S/C13H19NO2/c15-9-11-3-5-13(6-4-11)14-8-12-2-1-7-16-10-12/h3-6,12,14-15H,1-2,7-10H2. The highest BCUT2D eigenvalue weighted by Crippen LogP contribution is 2.15. The first-order valence-electron chi connectivity index (χ1n) is 5.90. The number of aliphatic hydroxyl groups excluding tert-OH is 1. The lowest BCUT2D eigenvalue weighted by Crippen LogP contribution is -2.24. The van der Waals surface area contributed by atoms with Crippen molar-refractivity contribution in [3.05, 3.63) is 29.8 Å². The topological polar surface area (TPSA) is 41.5 Å². The number of nitrogens with one attached hydrogen (secondary N) is 1. The zero-order chi connectivity index (χ0) is 11.2. The highest BCUT2D eigenvalue weighted by Gasteiger charge is 2.13. The van der Waals surface area contributed by atoms with E-state index in [0.717, 1.165) is 31.0 Å². The SMILES string of the molecule is OCc1ccc(NCC2CCCOC2)cc1. The van der Waals surface area contributed by atoms with E-state index < -0.39 is 0 Å². The molecule has 0 radical (unpaired) electrons. The summed E-state index contributed by atoms with van der Waals surface area (Å²) in [4.78, 5) is 0. The molecule has 0 amide bonds. The van der Waals surface area contributed by atoms with Crippen molar-refractivity contribution in [3.63, 3.8) is 0 Å². The molecule has 1 unspecified atom stereocenters. The zero-order valence-corrected chi connectivity index (χ0v) is 9.48. The fourth-order valence-corrected chi connectivity index (χ4v) is 1.96. The molecule has 0 bridgehead atoms. The Balaban J connectivity index is 1.79. The van der Waals surface area contributed by atoms with Gasteiger partial charge >= 0.3 is 0 Å². The number of rotatable bonds is 4. The van der Waals surface area contributed by atoms with Crippen molar-refractivity contribution in [1.29, 1.82) is 0 Å². The summed E-state index contributed by atoms with van der Waals surface area (Å²) in [6.07, 6.45) is 2.43. The Bertz CT molecular complexity index is 304. The fourth-order valence-electron chi connectivity index (χ4n) is 1.96. The van der Waals surface area contributed by atoms with E-state index in [4.69, 9.17) is 9.84 Å². The third kappa shape index (κ3) is 3.22. The maximum atomic E-state index is 8.93. The predicted octanol–water partition coefficient (Wildman–Crippen LogP) is 2.02.